The Labute approximate surface area is 189 Å². The largest absolute Gasteiger partial charge is 0.350 e. The molecule has 32 heavy (non-hydrogen) atoms. The number of benzene rings is 2. The van der Waals surface area contributed by atoms with Crippen LogP contribution < -0.4 is 15.5 Å². The van der Waals surface area contributed by atoms with Crippen LogP contribution in [0.5, 0.6) is 0 Å². The summed E-state index contributed by atoms with van der Waals surface area (Å²) < 4.78 is 0. The second-order valence-electron chi connectivity index (χ2n) is 7.93. The van der Waals surface area contributed by atoms with Crippen molar-refractivity contribution >= 4 is 23.4 Å². The monoisotopic (exact) mass is 436 g/mol. The highest BCUT2D eigenvalue weighted by molar-refractivity contribution is 5.98. The van der Waals surface area contributed by atoms with Gasteiger partial charge in [0, 0.05) is 37.3 Å². The van der Waals surface area contributed by atoms with Gasteiger partial charge >= 0.3 is 0 Å². The van der Waals surface area contributed by atoms with E-state index in [1.807, 2.05) is 12.1 Å². The van der Waals surface area contributed by atoms with Crippen molar-refractivity contribution in [2.75, 3.05) is 31.1 Å². The van der Waals surface area contributed by atoms with Crippen LogP contribution in [0.15, 0.2) is 48.5 Å². The summed E-state index contributed by atoms with van der Waals surface area (Å²) >= 11 is 0. The topological polar surface area (TPSA) is 81.8 Å². The summed E-state index contributed by atoms with van der Waals surface area (Å²) in [6.07, 6.45) is 1.43. The number of nitrogens with one attached hydrogen (secondary N) is 2. The van der Waals surface area contributed by atoms with E-state index < -0.39 is 0 Å². The van der Waals surface area contributed by atoms with Gasteiger partial charge in [0.15, 0.2) is 0 Å². The molecular formula is C25H32N4O3. The highest BCUT2D eigenvalue weighted by Crippen LogP contribution is 2.21. The number of nitrogens with zero attached hydrogens (tertiary/aromatic N) is 2. The summed E-state index contributed by atoms with van der Waals surface area (Å²) in [7, 11) is 0. The van der Waals surface area contributed by atoms with E-state index in [9.17, 15) is 14.4 Å². The van der Waals surface area contributed by atoms with Crippen molar-refractivity contribution < 1.29 is 14.4 Å². The molecule has 1 aliphatic heterocycles. The Morgan fingerprint density at radius 1 is 0.938 bits per heavy atom. The molecular weight excluding hydrogens is 404 g/mol. The lowest BCUT2D eigenvalue weighted by Gasteiger charge is -2.18. The Morgan fingerprint density at radius 2 is 1.59 bits per heavy atom. The average molecular weight is 437 g/mol. The zero-order valence-electron chi connectivity index (χ0n) is 18.9. The lowest BCUT2D eigenvalue weighted by molar-refractivity contribution is -0.120. The molecule has 0 radical (unpaired) electrons. The third kappa shape index (κ3) is 6.40. The van der Waals surface area contributed by atoms with Gasteiger partial charge in [0.05, 0.1) is 6.54 Å². The molecule has 1 aliphatic rings. The van der Waals surface area contributed by atoms with Crippen LogP contribution in [0.4, 0.5) is 5.69 Å². The summed E-state index contributed by atoms with van der Waals surface area (Å²) in [5.74, 6) is -0.456. The lowest BCUT2D eigenvalue weighted by Crippen LogP contribution is -2.36. The smallest absolute Gasteiger partial charge is 0.251 e. The summed E-state index contributed by atoms with van der Waals surface area (Å²) in [5, 5.41) is 5.47. The highest BCUT2D eigenvalue weighted by atomic mass is 16.2. The van der Waals surface area contributed by atoms with Gasteiger partial charge < -0.3 is 15.5 Å². The van der Waals surface area contributed by atoms with Crippen LogP contribution in [0.1, 0.15) is 48.2 Å². The molecule has 2 aromatic rings. The second kappa shape index (κ2) is 11.4. The van der Waals surface area contributed by atoms with E-state index in [4.69, 9.17) is 0 Å². The van der Waals surface area contributed by atoms with Gasteiger partial charge in [-0.3, -0.25) is 19.3 Å². The maximum absolute atomic E-state index is 12.3. The van der Waals surface area contributed by atoms with Gasteiger partial charge in [-0.15, -0.1) is 0 Å². The van der Waals surface area contributed by atoms with Crippen molar-refractivity contribution in [2.45, 2.75) is 39.8 Å². The van der Waals surface area contributed by atoms with Crippen molar-refractivity contribution in [3.63, 3.8) is 0 Å². The molecule has 3 rings (SSSR count). The van der Waals surface area contributed by atoms with Crippen molar-refractivity contribution in [1.82, 2.24) is 15.5 Å². The molecule has 0 saturated carbocycles. The average Bonchev–Trinajstić information content (AvgIpc) is 3.26. The van der Waals surface area contributed by atoms with Crippen LogP contribution in [-0.2, 0) is 22.7 Å². The van der Waals surface area contributed by atoms with Gasteiger partial charge in [-0.2, -0.15) is 0 Å². The zero-order valence-corrected chi connectivity index (χ0v) is 18.9. The second-order valence-corrected chi connectivity index (χ2v) is 7.93. The van der Waals surface area contributed by atoms with Gasteiger partial charge in [0.1, 0.15) is 0 Å². The molecule has 1 saturated heterocycles. The maximum Gasteiger partial charge on any atom is 0.251 e. The molecule has 7 nitrogen and oxygen atoms in total. The van der Waals surface area contributed by atoms with E-state index in [0.29, 0.717) is 25.1 Å². The summed E-state index contributed by atoms with van der Waals surface area (Å²) in [6.45, 7) is 8.29. The number of rotatable bonds is 10. The van der Waals surface area contributed by atoms with E-state index in [0.717, 1.165) is 37.3 Å². The Hall–Kier alpha value is -3.19. The van der Waals surface area contributed by atoms with Crippen LogP contribution >= 0.6 is 0 Å². The molecule has 0 aliphatic carbocycles. The zero-order chi connectivity index (χ0) is 22.9. The fourth-order valence-electron chi connectivity index (χ4n) is 3.71. The number of anilines is 1. The maximum atomic E-state index is 12.3. The van der Waals surface area contributed by atoms with Crippen molar-refractivity contribution in [1.29, 1.82) is 0 Å². The first-order chi connectivity index (χ1) is 15.5. The molecule has 3 amide bonds. The number of hydrogen-bond donors (Lipinski definition) is 2. The molecule has 0 bridgehead atoms. The number of carbonyl (C=O) groups excluding carboxylic acids is 3. The van der Waals surface area contributed by atoms with E-state index in [2.05, 4.69) is 41.5 Å². The number of carbonyl (C=O) groups is 3. The Morgan fingerprint density at radius 3 is 2.19 bits per heavy atom. The minimum Gasteiger partial charge on any atom is -0.350 e. The van der Waals surface area contributed by atoms with Gasteiger partial charge in [-0.05, 0) is 54.9 Å². The minimum absolute atomic E-state index is 0.0920. The first-order valence-corrected chi connectivity index (χ1v) is 11.3. The van der Waals surface area contributed by atoms with E-state index in [-0.39, 0.29) is 24.3 Å². The molecule has 170 valence electrons. The Bertz CT molecular complexity index is 921. The Kier molecular flexibility index (Phi) is 8.39. The van der Waals surface area contributed by atoms with Crippen molar-refractivity contribution in [2.24, 2.45) is 0 Å². The minimum atomic E-state index is -0.319. The third-order valence-electron chi connectivity index (χ3n) is 5.74. The lowest BCUT2D eigenvalue weighted by atomic mass is 10.1. The van der Waals surface area contributed by atoms with Crippen molar-refractivity contribution in [3.05, 3.63) is 65.2 Å². The Balaban J connectivity index is 1.41. The third-order valence-corrected chi connectivity index (χ3v) is 5.74. The van der Waals surface area contributed by atoms with Crippen LogP contribution in [0, 0.1) is 0 Å². The SMILES string of the molecule is CCN(CC)Cc1ccc(CNC(=O)CNC(=O)c2ccc(N3CCCC3=O)cc2)cc1. The molecule has 2 N–H and O–H groups in total. The number of hydrogen-bond acceptors (Lipinski definition) is 4. The fraction of sp³-hybridized carbons (Fsp3) is 0.400. The van der Waals surface area contributed by atoms with E-state index in [1.54, 1.807) is 29.2 Å². The molecule has 1 fully saturated rings. The molecule has 0 spiro atoms. The van der Waals surface area contributed by atoms with E-state index in [1.165, 1.54) is 5.56 Å². The molecule has 1 heterocycles. The number of amides is 3. The van der Waals surface area contributed by atoms with Gasteiger partial charge in [-0.25, -0.2) is 0 Å². The summed E-state index contributed by atoms with van der Waals surface area (Å²) in [6, 6.07) is 15.1. The van der Waals surface area contributed by atoms with Crippen LogP contribution in [0.25, 0.3) is 0 Å². The normalized spacial score (nSPS) is 13.5. The van der Waals surface area contributed by atoms with Crippen LogP contribution in [-0.4, -0.2) is 48.8 Å². The van der Waals surface area contributed by atoms with Crippen molar-refractivity contribution in [3.8, 4) is 0 Å². The molecule has 0 aromatic heterocycles. The van der Waals surface area contributed by atoms with Crippen LogP contribution in [0.2, 0.25) is 0 Å². The molecule has 0 unspecified atom stereocenters. The fourth-order valence-corrected chi connectivity index (χ4v) is 3.71. The predicted octanol–water partition coefficient (Wildman–Crippen LogP) is 2.70. The van der Waals surface area contributed by atoms with Gasteiger partial charge in [0.2, 0.25) is 11.8 Å². The molecule has 0 atom stereocenters. The van der Waals surface area contributed by atoms with Crippen LogP contribution in [0.3, 0.4) is 0 Å². The predicted molar refractivity (Wildman–Crippen MR) is 125 cm³/mol. The standard InChI is InChI=1S/C25H32N4O3/c1-3-28(4-2)18-20-9-7-19(8-10-20)16-26-23(30)17-27-25(32)21-11-13-22(14-12-21)29-15-5-6-24(29)31/h7-14H,3-6,15-18H2,1-2H3,(H,26,30)(H,27,32). The molecule has 2 aromatic carbocycles. The highest BCUT2D eigenvalue weighted by Gasteiger charge is 2.21. The molecule has 7 heteroatoms. The summed E-state index contributed by atoms with van der Waals surface area (Å²) in [5.41, 5.74) is 3.51. The summed E-state index contributed by atoms with van der Waals surface area (Å²) in [4.78, 5) is 40.3. The van der Waals surface area contributed by atoms with E-state index >= 15 is 0 Å². The quantitative estimate of drug-likeness (QED) is 0.600. The van der Waals surface area contributed by atoms with Gasteiger partial charge in [0.25, 0.3) is 5.91 Å². The first kappa shape index (κ1) is 23.5. The van der Waals surface area contributed by atoms with Gasteiger partial charge in [-0.1, -0.05) is 38.1 Å². The first-order valence-electron chi connectivity index (χ1n) is 11.3.